The molecular weight excluding hydrogens is 222 g/mol. The third kappa shape index (κ3) is 4.10. The van der Waals surface area contributed by atoms with E-state index < -0.39 is 18.0 Å². The minimum Gasteiger partial charge on any atom is -0.480 e. The van der Waals surface area contributed by atoms with Crippen molar-refractivity contribution >= 4 is 17.7 Å². The average Bonchev–Trinajstić information content (AvgIpc) is 2.25. The largest absolute Gasteiger partial charge is 0.480 e. The van der Waals surface area contributed by atoms with Crippen LogP contribution in [0.2, 0.25) is 0 Å². The Labute approximate surface area is 99.1 Å². The van der Waals surface area contributed by atoms with Crippen LogP contribution in [0.1, 0.15) is 18.9 Å². The van der Waals surface area contributed by atoms with E-state index in [9.17, 15) is 9.59 Å². The van der Waals surface area contributed by atoms with Crippen LogP contribution in [0.5, 0.6) is 0 Å². The lowest BCUT2D eigenvalue weighted by Gasteiger charge is -2.13. The van der Waals surface area contributed by atoms with Crippen LogP contribution in [-0.2, 0) is 4.79 Å². The Kier molecular flexibility index (Phi) is 4.45. The van der Waals surface area contributed by atoms with E-state index in [-0.39, 0.29) is 0 Å². The van der Waals surface area contributed by atoms with Gasteiger partial charge >= 0.3 is 12.0 Å². The lowest BCUT2D eigenvalue weighted by molar-refractivity contribution is -0.139. The number of aliphatic carboxylic acids is 1. The number of rotatable bonds is 4. The Morgan fingerprint density at radius 3 is 2.71 bits per heavy atom. The van der Waals surface area contributed by atoms with Gasteiger partial charge in [-0.1, -0.05) is 6.92 Å². The van der Waals surface area contributed by atoms with Gasteiger partial charge in [-0.3, -0.25) is 4.98 Å². The average molecular weight is 237 g/mol. The van der Waals surface area contributed by atoms with Crippen LogP contribution in [0.3, 0.4) is 0 Å². The quantitative estimate of drug-likeness (QED) is 0.737. The van der Waals surface area contributed by atoms with Crippen molar-refractivity contribution in [1.29, 1.82) is 0 Å². The van der Waals surface area contributed by atoms with Crippen molar-refractivity contribution in [3.63, 3.8) is 0 Å². The van der Waals surface area contributed by atoms with Crippen LogP contribution in [0.4, 0.5) is 10.5 Å². The van der Waals surface area contributed by atoms with E-state index in [0.717, 1.165) is 5.56 Å². The van der Waals surface area contributed by atoms with E-state index in [4.69, 9.17) is 5.11 Å². The molecule has 0 aromatic carbocycles. The van der Waals surface area contributed by atoms with Crippen molar-refractivity contribution in [3.05, 3.63) is 24.0 Å². The molecule has 2 amide bonds. The molecule has 6 heteroatoms. The number of nitrogens with zero attached hydrogens (tertiary/aromatic N) is 1. The van der Waals surface area contributed by atoms with E-state index in [1.807, 2.05) is 6.92 Å². The summed E-state index contributed by atoms with van der Waals surface area (Å²) in [6, 6.07) is 0.313. The zero-order valence-corrected chi connectivity index (χ0v) is 9.73. The first-order valence-corrected chi connectivity index (χ1v) is 5.25. The number of carboxylic acids is 1. The van der Waals surface area contributed by atoms with Crippen LogP contribution < -0.4 is 10.6 Å². The Hall–Kier alpha value is -2.11. The molecule has 1 aromatic rings. The second kappa shape index (κ2) is 5.83. The predicted molar refractivity (Wildman–Crippen MR) is 62.8 cm³/mol. The van der Waals surface area contributed by atoms with Crippen LogP contribution in [0, 0.1) is 6.92 Å². The highest BCUT2D eigenvalue weighted by Crippen LogP contribution is 2.06. The highest BCUT2D eigenvalue weighted by atomic mass is 16.4. The van der Waals surface area contributed by atoms with Gasteiger partial charge in [0.1, 0.15) is 6.04 Å². The van der Waals surface area contributed by atoms with Gasteiger partial charge in [0.05, 0.1) is 11.9 Å². The molecule has 0 aliphatic heterocycles. The summed E-state index contributed by atoms with van der Waals surface area (Å²) >= 11 is 0. The molecule has 1 rings (SSSR count). The molecule has 17 heavy (non-hydrogen) atoms. The van der Waals surface area contributed by atoms with Gasteiger partial charge < -0.3 is 15.7 Å². The monoisotopic (exact) mass is 237 g/mol. The molecule has 1 aromatic heterocycles. The lowest BCUT2D eigenvalue weighted by atomic mass is 10.2. The van der Waals surface area contributed by atoms with E-state index >= 15 is 0 Å². The predicted octanol–water partition coefficient (Wildman–Crippen LogP) is 1.37. The zero-order valence-electron chi connectivity index (χ0n) is 9.73. The summed E-state index contributed by atoms with van der Waals surface area (Å²) in [5.74, 6) is -1.05. The van der Waals surface area contributed by atoms with Gasteiger partial charge in [-0.15, -0.1) is 0 Å². The van der Waals surface area contributed by atoms with Crippen molar-refractivity contribution in [2.24, 2.45) is 0 Å². The van der Waals surface area contributed by atoms with Crippen molar-refractivity contribution in [2.45, 2.75) is 26.3 Å². The summed E-state index contributed by atoms with van der Waals surface area (Å²) in [6.45, 7) is 3.54. The van der Waals surface area contributed by atoms with Crippen molar-refractivity contribution < 1.29 is 14.7 Å². The molecule has 0 unspecified atom stereocenters. The number of carbonyl (C=O) groups excluding carboxylic acids is 1. The second-order valence-electron chi connectivity index (χ2n) is 3.65. The van der Waals surface area contributed by atoms with E-state index in [0.29, 0.717) is 12.1 Å². The number of urea groups is 1. The number of anilines is 1. The van der Waals surface area contributed by atoms with Gasteiger partial charge in [-0.25, -0.2) is 9.59 Å². The summed E-state index contributed by atoms with van der Waals surface area (Å²) in [7, 11) is 0. The number of aromatic nitrogens is 1. The highest BCUT2D eigenvalue weighted by molar-refractivity contribution is 5.92. The van der Waals surface area contributed by atoms with Gasteiger partial charge in [-0.05, 0) is 25.0 Å². The molecule has 3 N–H and O–H groups in total. The maximum absolute atomic E-state index is 11.5. The third-order valence-electron chi connectivity index (χ3n) is 2.14. The standard InChI is InChI=1S/C11H15N3O3/c1-3-9(10(15)16)14-11(17)13-8-4-7(2)5-12-6-8/h4-6,9H,3H2,1-2H3,(H,15,16)(H2,13,14,17)/t9-/m1/s1. The van der Waals surface area contributed by atoms with Gasteiger partial charge in [0, 0.05) is 6.20 Å². The second-order valence-corrected chi connectivity index (χ2v) is 3.65. The molecule has 92 valence electrons. The number of aryl methyl sites for hydroxylation is 1. The third-order valence-corrected chi connectivity index (χ3v) is 2.14. The number of hydrogen-bond donors (Lipinski definition) is 3. The van der Waals surface area contributed by atoms with Crippen LogP contribution >= 0.6 is 0 Å². The van der Waals surface area contributed by atoms with E-state index in [1.54, 1.807) is 19.2 Å². The Morgan fingerprint density at radius 2 is 2.18 bits per heavy atom. The minimum absolute atomic E-state index is 0.328. The molecule has 6 nitrogen and oxygen atoms in total. The first-order valence-electron chi connectivity index (χ1n) is 5.25. The Balaban J connectivity index is 2.58. The normalized spacial score (nSPS) is 11.6. The first-order chi connectivity index (χ1) is 8.02. The van der Waals surface area contributed by atoms with Gasteiger partial charge in [0.15, 0.2) is 0 Å². The van der Waals surface area contributed by atoms with Crippen molar-refractivity contribution in [2.75, 3.05) is 5.32 Å². The van der Waals surface area contributed by atoms with Crippen LogP contribution in [0.25, 0.3) is 0 Å². The molecule has 0 fully saturated rings. The summed E-state index contributed by atoms with van der Waals surface area (Å²) < 4.78 is 0. The number of carboxylic acid groups (broad SMARTS) is 1. The molecule has 0 bridgehead atoms. The number of carbonyl (C=O) groups is 2. The molecular formula is C11H15N3O3. The molecule has 0 saturated heterocycles. The van der Waals surface area contributed by atoms with Gasteiger partial charge in [-0.2, -0.15) is 0 Å². The van der Waals surface area contributed by atoms with Gasteiger partial charge in [0.25, 0.3) is 0 Å². The number of hydrogen-bond acceptors (Lipinski definition) is 3. The van der Waals surface area contributed by atoms with E-state index in [1.165, 1.54) is 6.20 Å². The zero-order chi connectivity index (χ0) is 12.8. The Morgan fingerprint density at radius 1 is 1.47 bits per heavy atom. The first kappa shape index (κ1) is 13.0. The summed E-state index contributed by atoms with van der Waals surface area (Å²) in [6.07, 6.45) is 3.48. The minimum atomic E-state index is -1.05. The highest BCUT2D eigenvalue weighted by Gasteiger charge is 2.17. The smallest absolute Gasteiger partial charge is 0.326 e. The topological polar surface area (TPSA) is 91.3 Å². The molecule has 0 radical (unpaired) electrons. The SMILES string of the molecule is CC[C@@H](NC(=O)Nc1cncc(C)c1)C(=O)O. The van der Waals surface area contributed by atoms with Crippen molar-refractivity contribution in [1.82, 2.24) is 10.3 Å². The fourth-order valence-corrected chi connectivity index (χ4v) is 1.29. The van der Waals surface area contributed by atoms with Crippen molar-refractivity contribution in [3.8, 4) is 0 Å². The fourth-order valence-electron chi connectivity index (χ4n) is 1.29. The molecule has 0 aliphatic rings. The Bertz CT molecular complexity index is 420. The maximum atomic E-state index is 11.5. The number of pyridine rings is 1. The molecule has 0 aliphatic carbocycles. The van der Waals surface area contributed by atoms with E-state index in [2.05, 4.69) is 15.6 Å². The van der Waals surface area contributed by atoms with Gasteiger partial charge in [0.2, 0.25) is 0 Å². The molecule has 1 heterocycles. The maximum Gasteiger partial charge on any atom is 0.326 e. The summed E-state index contributed by atoms with van der Waals surface area (Å²) in [5, 5.41) is 13.7. The molecule has 0 saturated carbocycles. The number of amides is 2. The summed E-state index contributed by atoms with van der Waals surface area (Å²) in [5.41, 5.74) is 1.44. The van der Waals surface area contributed by atoms with Crippen LogP contribution in [0.15, 0.2) is 18.5 Å². The fraction of sp³-hybridized carbons (Fsp3) is 0.364. The summed E-state index contributed by atoms with van der Waals surface area (Å²) in [4.78, 5) is 26.1. The number of nitrogens with one attached hydrogen (secondary N) is 2. The lowest BCUT2D eigenvalue weighted by Crippen LogP contribution is -2.42. The molecule has 1 atom stereocenters. The molecule has 0 spiro atoms. The van der Waals surface area contributed by atoms with Crippen LogP contribution in [-0.4, -0.2) is 28.1 Å².